The number of ether oxygens (including phenoxy) is 2. The molecule has 3 aromatic rings. The summed E-state index contributed by atoms with van der Waals surface area (Å²) in [4.78, 5) is 26.7. The first-order chi connectivity index (χ1) is 15.5. The van der Waals surface area contributed by atoms with Crippen molar-refractivity contribution in [1.82, 2.24) is 0 Å². The van der Waals surface area contributed by atoms with E-state index in [0.29, 0.717) is 0 Å². The van der Waals surface area contributed by atoms with Crippen LogP contribution in [-0.2, 0) is 19.1 Å². The van der Waals surface area contributed by atoms with E-state index >= 15 is 0 Å². The van der Waals surface area contributed by atoms with E-state index in [1.165, 1.54) is 11.3 Å². The van der Waals surface area contributed by atoms with Crippen molar-refractivity contribution in [1.29, 1.82) is 0 Å². The Bertz CT molecular complexity index is 1070. The highest BCUT2D eigenvalue weighted by Gasteiger charge is 2.33. The van der Waals surface area contributed by atoms with Crippen molar-refractivity contribution in [3.05, 3.63) is 93.7 Å². The van der Waals surface area contributed by atoms with Gasteiger partial charge in [0.05, 0.1) is 10.8 Å². The van der Waals surface area contributed by atoms with Crippen LogP contribution in [0.2, 0.25) is 0 Å². The van der Waals surface area contributed by atoms with Crippen LogP contribution in [-0.4, -0.2) is 11.9 Å². The number of carbonyl (C=O) groups is 2. The van der Waals surface area contributed by atoms with Gasteiger partial charge in [-0.15, -0.1) is 11.3 Å². The molecule has 0 saturated carbocycles. The predicted octanol–water partition coefficient (Wildman–Crippen LogP) is 7.11. The molecule has 2 aromatic carbocycles. The number of thiophene rings is 1. The van der Waals surface area contributed by atoms with Crippen LogP contribution in [0.3, 0.4) is 0 Å². The zero-order valence-electron chi connectivity index (χ0n) is 20.1. The molecule has 2 unspecified atom stereocenters. The predicted molar refractivity (Wildman–Crippen MR) is 132 cm³/mol. The van der Waals surface area contributed by atoms with Crippen LogP contribution >= 0.6 is 11.3 Å². The summed E-state index contributed by atoms with van der Waals surface area (Å²) in [6, 6.07) is 21.3. The molecular formula is C28H32O4S. The lowest BCUT2D eigenvalue weighted by Crippen LogP contribution is -2.27. The van der Waals surface area contributed by atoms with Crippen molar-refractivity contribution in [2.24, 2.45) is 10.8 Å². The van der Waals surface area contributed by atoms with Crippen molar-refractivity contribution in [3.8, 4) is 0 Å². The summed E-state index contributed by atoms with van der Waals surface area (Å²) in [7, 11) is 0. The van der Waals surface area contributed by atoms with Crippen LogP contribution in [0.15, 0.2) is 72.1 Å². The average molecular weight is 465 g/mol. The fourth-order valence-electron chi connectivity index (χ4n) is 3.21. The van der Waals surface area contributed by atoms with Crippen molar-refractivity contribution >= 4 is 23.3 Å². The maximum Gasteiger partial charge on any atom is 0.312 e. The van der Waals surface area contributed by atoms with Gasteiger partial charge in [0.25, 0.3) is 0 Å². The van der Waals surface area contributed by atoms with E-state index in [1.807, 2.05) is 114 Å². The molecule has 0 aliphatic rings. The van der Waals surface area contributed by atoms with Crippen molar-refractivity contribution in [3.63, 3.8) is 0 Å². The fraction of sp³-hybridized carbons (Fsp3) is 0.357. The van der Waals surface area contributed by atoms with Crippen LogP contribution in [0.25, 0.3) is 0 Å². The normalized spacial score (nSPS) is 13.8. The molecular weight excluding hydrogens is 432 g/mol. The molecule has 0 aliphatic heterocycles. The van der Waals surface area contributed by atoms with E-state index in [4.69, 9.17) is 9.47 Å². The second kappa shape index (κ2) is 9.92. The molecule has 0 spiro atoms. The second-order valence-electron chi connectivity index (χ2n) is 10.1. The molecule has 0 amide bonds. The minimum Gasteiger partial charge on any atom is -0.452 e. The Labute approximate surface area is 200 Å². The lowest BCUT2D eigenvalue weighted by Gasteiger charge is -2.29. The molecule has 0 N–H and O–H groups in total. The Morgan fingerprint density at radius 3 is 1.64 bits per heavy atom. The molecule has 0 saturated heterocycles. The number of hydrogen-bond donors (Lipinski definition) is 0. The lowest BCUT2D eigenvalue weighted by molar-refractivity contribution is -0.158. The zero-order valence-corrected chi connectivity index (χ0v) is 20.9. The first-order valence-corrected chi connectivity index (χ1v) is 12.0. The van der Waals surface area contributed by atoms with E-state index in [1.54, 1.807) is 0 Å². The molecule has 1 aromatic heterocycles. The molecule has 33 heavy (non-hydrogen) atoms. The van der Waals surface area contributed by atoms with Gasteiger partial charge in [0.1, 0.15) is 0 Å². The Hall–Kier alpha value is -2.92. The third-order valence-corrected chi connectivity index (χ3v) is 6.05. The molecule has 0 bridgehead atoms. The highest BCUT2D eigenvalue weighted by atomic mass is 32.1. The lowest BCUT2D eigenvalue weighted by atomic mass is 9.91. The first kappa shape index (κ1) is 24.7. The van der Waals surface area contributed by atoms with Gasteiger partial charge >= 0.3 is 11.9 Å². The van der Waals surface area contributed by atoms with Gasteiger partial charge in [-0.05, 0) is 58.6 Å². The summed E-state index contributed by atoms with van der Waals surface area (Å²) < 4.78 is 12.2. The number of benzene rings is 2. The van der Waals surface area contributed by atoms with Crippen LogP contribution in [0.4, 0.5) is 0 Å². The van der Waals surface area contributed by atoms with Gasteiger partial charge in [0.2, 0.25) is 0 Å². The number of esters is 2. The van der Waals surface area contributed by atoms with E-state index in [9.17, 15) is 9.59 Å². The second-order valence-corrected chi connectivity index (χ2v) is 11.1. The Morgan fingerprint density at radius 1 is 0.667 bits per heavy atom. The SMILES string of the molecule is CC(C)(C)C(=O)OC(c1ccccc1)c1ccccc1C(OC(=O)C(C)(C)C)c1cccs1. The molecule has 1 heterocycles. The van der Waals surface area contributed by atoms with Gasteiger partial charge in [-0.1, -0.05) is 60.7 Å². The average Bonchev–Trinajstić information content (AvgIpc) is 3.29. The van der Waals surface area contributed by atoms with Crippen LogP contribution in [0, 0.1) is 10.8 Å². The van der Waals surface area contributed by atoms with Crippen molar-refractivity contribution < 1.29 is 19.1 Å². The third-order valence-electron chi connectivity index (χ3n) is 5.14. The minimum absolute atomic E-state index is 0.293. The largest absolute Gasteiger partial charge is 0.452 e. The van der Waals surface area contributed by atoms with E-state index in [0.717, 1.165) is 21.6 Å². The smallest absolute Gasteiger partial charge is 0.312 e. The van der Waals surface area contributed by atoms with Crippen LogP contribution in [0.5, 0.6) is 0 Å². The van der Waals surface area contributed by atoms with Crippen molar-refractivity contribution in [2.75, 3.05) is 0 Å². The summed E-state index contributed by atoms with van der Waals surface area (Å²) in [5, 5.41) is 1.96. The van der Waals surface area contributed by atoms with Gasteiger partial charge in [-0.3, -0.25) is 9.59 Å². The summed E-state index contributed by atoms with van der Waals surface area (Å²) in [5.41, 5.74) is 1.14. The standard InChI is InChI=1S/C28H32O4S/c1-27(2,3)25(29)31-23(19-13-8-7-9-14-19)20-15-10-11-16-21(20)24(22-17-12-18-33-22)32-26(30)28(4,5)6/h7-18,23-24H,1-6H3. The number of carbonyl (C=O) groups excluding carboxylic acids is 2. The van der Waals surface area contributed by atoms with Gasteiger partial charge in [-0.25, -0.2) is 0 Å². The van der Waals surface area contributed by atoms with E-state index < -0.39 is 23.0 Å². The molecule has 174 valence electrons. The molecule has 3 rings (SSSR count). The monoisotopic (exact) mass is 464 g/mol. The molecule has 0 fully saturated rings. The maximum absolute atomic E-state index is 12.9. The Balaban J connectivity index is 2.13. The van der Waals surface area contributed by atoms with Gasteiger partial charge < -0.3 is 9.47 Å². The van der Waals surface area contributed by atoms with E-state index in [2.05, 4.69) is 0 Å². The zero-order chi connectivity index (χ0) is 24.2. The highest BCUT2D eigenvalue weighted by molar-refractivity contribution is 7.10. The van der Waals surface area contributed by atoms with Crippen LogP contribution < -0.4 is 0 Å². The fourth-order valence-corrected chi connectivity index (χ4v) is 3.98. The molecule has 4 nitrogen and oxygen atoms in total. The van der Waals surface area contributed by atoms with Crippen LogP contribution in [0.1, 0.15) is 75.3 Å². The number of rotatable bonds is 6. The number of hydrogen-bond acceptors (Lipinski definition) is 5. The Morgan fingerprint density at radius 2 is 1.15 bits per heavy atom. The summed E-state index contributed by atoms with van der Waals surface area (Å²) >= 11 is 1.53. The summed E-state index contributed by atoms with van der Waals surface area (Å²) in [6.07, 6.45) is -1.24. The molecule has 0 aliphatic carbocycles. The van der Waals surface area contributed by atoms with Gasteiger partial charge in [0, 0.05) is 16.0 Å². The minimum atomic E-state index is -0.659. The summed E-state index contributed by atoms with van der Waals surface area (Å²) in [6.45, 7) is 11.0. The molecule has 2 atom stereocenters. The van der Waals surface area contributed by atoms with E-state index in [-0.39, 0.29) is 11.9 Å². The Kier molecular flexibility index (Phi) is 7.43. The van der Waals surface area contributed by atoms with Gasteiger partial charge in [-0.2, -0.15) is 0 Å². The first-order valence-electron chi connectivity index (χ1n) is 11.1. The van der Waals surface area contributed by atoms with Crippen molar-refractivity contribution in [2.45, 2.75) is 53.8 Å². The van der Waals surface area contributed by atoms with Gasteiger partial charge in [0.15, 0.2) is 12.2 Å². The third kappa shape index (κ3) is 6.11. The maximum atomic E-state index is 12.9. The topological polar surface area (TPSA) is 52.6 Å². The molecule has 0 radical (unpaired) electrons. The summed E-state index contributed by atoms with van der Waals surface area (Å²) in [5.74, 6) is -0.593. The molecule has 5 heteroatoms. The quantitative estimate of drug-likeness (QED) is 0.365. The highest BCUT2D eigenvalue weighted by Crippen LogP contribution is 2.39.